The maximum absolute atomic E-state index is 13.9. The molecule has 0 radical (unpaired) electrons. The third-order valence-corrected chi connectivity index (χ3v) is 5.67. The predicted molar refractivity (Wildman–Crippen MR) is 71.6 cm³/mol. The molecule has 4 unspecified atom stereocenters. The lowest BCUT2D eigenvalue weighted by Gasteiger charge is -2.26. The molecular formula is C14H14BrClF2. The Kier molecular flexibility index (Phi) is 3.39. The summed E-state index contributed by atoms with van der Waals surface area (Å²) in [6.07, 6.45) is 4.76. The van der Waals surface area contributed by atoms with E-state index in [9.17, 15) is 8.78 Å². The van der Waals surface area contributed by atoms with Crippen molar-refractivity contribution >= 4 is 27.5 Å². The second-order valence-electron chi connectivity index (χ2n) is 5.53. The zero-order chi connectivity index (χ0) is 12.9. The Morgan fingerprint density at radius 3 is 2.56 bits per heavy atom. The average Bonchev–Trinajstić information content (AvgIpc) is 2.95. The summed E-state index contributed by atoms with van der Waals surface area (Å²) in [5.74, 6) is 0.806. The monoisotopic (exact) mass is 334 g/mol. The molecule has 2 saturated carbocycles. The maximum atomic E-state index is 13.9. The number of halogens is 4. The van der Waals surface area contributed by atoms with E-state index in [1.807, 2.05) is 0 Å². The summed E-state index contributed by atoms with van der Waals surface area (Å²) in [5, 5.41) is -0.400. The molecule has 0 spiro atoms. The van der Waals surface area contributed by atoms with Crippen LogP contribution >= 0.6 is 27.5 Å². The molecule has 3 rings (SSSR count). The Labute approximate surface area is 119 Å². The summed E-state index contributed by atoms with van der Waals surface area (Å²) >= 11 is 9.40. The third kappa shape index (κ3) is 2.09. The summed E-state index contributed by atoms with van der Waals surface area (Å²) in [4.78, 5) is 0. The number of fused-ring (bicyclic) bond motifs is 2. The van der Waals surface area contributed by atoms with Crippen molar-refractivity contribution in [2.24, 2.45) is 17.8 Å². The van der Waals surface area contributed by atoms with E-state index in [1.54, 1.807) is 0 Å². The highest BCUT2D eigenvalue weighted by Gasteiger charge is 2.43. The third-order valence-electron chi connectivity index (χ3n) is 4.51. The Balaban J connectivity index is 1.88. The van der Waals surface area contributed by atoms with Crippen molar-refractivity contribution in [3.63, 3.8) is 0 Å². The van der Waals surface area contributed by atoms with Gasteiger partial charge in [-0.15, -0.1) is 11.6 Å². The number of hydrogen-bond donors (Lipinski definition) is 0. The number of hydrogen-bond acceptors (Lipinski definition) is 0. The first-order valence-electron chi connectivity index (χ1n) is 6.34. The minimum absolute atomic E-state index is 0.153. The van der Waals surface area contributed by atoms with Gasteiger partial charge >= 0.3 is 0 Å². The van der Waals surface area contributed by atoms with Crippen LogP contribution < -0.4 is 0 Å². The molecule has 1 aromatic rings. The molecule has 2 bridgehead atoms. The Bertz CT molecular complexity index is 477. The van der Waals surface area contributed by atoms with Crippen LogP contribution in [-0.2, 0) is 0 Å². The summed E-state index contributed by atoms with van der Waals surface area (Å²) in [6.45, 7) is 0. The van der Waals surface area contributed by atoms with Crippen molar-refractivity contribution in [3.8, 4) is 0 Å². The highest BCUT2D eigenvalue weighted by atomic mass is 79.9. The van der Waals surface area contributed by atoms with Gasteiger partial charge in [-0.25, -0.2) is 8.78 Å². The topological polar surface area (TPSA) is 0 Å². The van der Waals surface area contributed by atoms with Gasteiger partial charge in [-0.05, 0) is 65.1 Å². The molecule has 18 heavy (non-hydrogen) atoms. The second kappa shape index (κ2) is 4.75. The molecule has 4 atom stereocenters. The Hall–Kier alpha value is -0.150. The summed E-state index contributed by atoms with van der Waals surface area (Å²) in [6, 6.07) is 2.41. The zero-order valence-electron chi connectivity index (χ0n) is 9.80. The molecule has 2 aliphatic carbocycles. The molecule has 4 heteroatoms. The molecule has 2 fully saturated rings. The Morgan fingerprint density at radius 1 is 1.17 bits per heavy atom. The maximum Gasteiger partial charge on any atom is 0.137 e. The van der Waals surface area contributed by atoms with Crippen LogP contribution in [0.5, 0.6) is 0 Å². The first kappa shape index (κ1) is 12.9. The van der Waals surface area contributed by atoms with Gasteiger partial charge in [0.1, 0.15) is 11.6 Å². The van der Waals surface area contributed by atoms with Crippen LogP contribution in [0.2, 0.25) is 0 Å². The molecular weight excluding hydrogens is 322 g/mol. The molecule has 0 aliphatic heterocycles. The van der Waals surface area contributed by atoms with Gasteiger partial charge in [0.05, 0.1) is 9.85 Å². The number of rotatable bonds is 2. The Morgan fingerprint density at radius 2 is 1.94 bits per heavy atom. The first-order chi connectivity index (χ1) is 8.56. The van der Waals surface area contributed by atoms with E-state index in [2.05, 4.69) is 15.9 Å². The minimum Gasteiger partial charge on any atom is -0.207 e. The second-order valence-corrected chi connectivity index (χ2v) is 6.85. The van der Waals surface area contributed by atoms with E-state index in [0.29, 0.717) is 17.4 Å². The quantitative estimate of drug-likeness (QED) is 0.498. The van der Waals surface area contributed by atoms with Crippen molar-refractivity contribution in [1.29, 1.82) is 0 Å². The molecule has 2 aliphatic rings. The fraction of sp³-hybridized carbons (Fsp3) is 0.571. The molecule has 0 saturated heterocycles. The van der Waals surface area contributed by atoms with Gasteiger partial charge in [-0.3, -0.25) is 0 Å². The number of alkyl halides is 1. The van der Waals surface area contributed by atoms with E-state index in [-0.39, 0.29) is 4.47 Å². The van der Waals surface area contributed by atoms with Crippen LogP contribution in [0.3, 0.4) is 0 Å². The van der Waals surface area contributed by atoms with E-state index < -0.39 is 17.0 Å². The molecule has 98 valence electrons. The largest absolute Gasteiger partial charge is 0.207 e. The van der Waals surface area contributed by atoms with Gasteiger partial charge in [0.25, 0.3) is 0 Å². The van der Waals surface area contributed by atoms with Crippen LogP contribution in [0.4, 0.5) is 8.78 Å². The molecule has 1 aromatic carbocycles. The van der Waals surface area contributed by atoms with E-state index in [4.69, 9.17) is 11.6 Å². The van der Waals surface area contributed by atoms with Crippen LogP contribution in [-0.4, -0.2) is 0 Å². The summed E-state index contributed by atoms with van der Waals surface area (Å²) in [7, 11) is 0. The van der Waals surface area contributed by atoms with E-state index >= 15 is 0 Å². The van der Waals surface area contributed by atoms with Crippen molar-refractivity contribution in [3.05, 3.63) is 33.8 Å². The molecule has 0 amide bonds. The number of benzene rings is 1. The van der Waals surface area contributed by atoms with Gasteiger partial charge in [0.15, 0.2) is 0 Å². The van der Waals surface area contributed by atoms with Crippen LogP contribution in [0.1, 0.15) is 36.6 Å². The molecule has 0 N–H and O–H groups in total. The van der Waals surface area contributed by atoms with Crippen LogP contribution in [0.15, 0.2) is 16.6 Å². The van der Waals surface area contributed by atoms with E-state index in [0.717, 1.165) is 12.3 Å². The van der Waals surface area contributed by atoms with Crippen LogP contribution in [0, 0.1) is 29.4 Å². The SMILES string of the molecule is Fc1cc(C(Cl)C2CC3CCC2C3)c(F)cc1Br. The van der Waals surface area contributed by atoms with Crippen molar-refractivity contribution in [1.82, 2.24) is 0 Å². The standard InChI is InChI=1S/C14H14BrClF2/c15-11-6-12(17)10(5-13(11)18)14(16)9-4-7-1-2-8(9)3-7/h5-9,14H,1-4H2. The molecule has 0 heterocycles. The molecule has 0 aromatic heterocycles. The lowest BCUT2D eigenvalue weighted by molar-refractivity contribution is 0.319. The zero-order valence-corrected chi connectivity index (χ0v) is 12.1. The first-order valence-corrected chi connectivity index (χ1v) is 7.57. The lowest BCUT2D eigenvalue weighted by Crippen LogP contribution is -2.17. The highest BCUT2D eigenvalue weighted by molar-refractivity contribution is 9.10. The minimum atomic E-state index is -0.444. The van der Waals surface area contributed by atoms with Crippen molar-refractivity contribution in [2.75, 3.05) is 0 Å². The smallest absolute Gasteiger partial charge is 0.137 e. The normalized spacial score (nSPS) is 31.9. The lowest BCUT2D eigenvalue weighted by atomic mass is 9.84. The van der Waals surface area contributed by atoms with Crippen LogP contribution in [0.25, 0.3) is 0 Å². The van der Waals surface area contributed by atoms with E-state index in [1.165, 1.54) is 31.4 Å². The van der Waals surface area contributed by atoms with Gasteiger partial charge in [0, 0.05) is 5.56 Å². The molecule has 0 nitrogen and oxygen atoms in total. The van der Waals surface area contributed by atoms with Gasteiger partial charge in [-0.1, -0.05) is 6.42 Å². The summed E-state index contributed by atoms with van der Waals surface area (Å²) in [5.41, 5.74) is 0.315. The van der Waals surface area contributed by atoms with Gasteiger partial charge in [-0.2, -0.15) is 0 Å². The van der Waals surface area contributed by atoms with Gasteiger partial charge in [0.2, 0.25) is 0 Å². The predicted octanol–water partition coefficient (Wildman–Crippen LogP) is 5.44. The van der Waals surface area contributed by atoms with Gasteiger partial charge < -0.3 is 0 Å². The van der Waals surface area contributed by atoms with Crippen molar-refractivity contribution in [2.45, 2.75) is 31.1 Å². The average molecular weight is 336 g/mol. The fourth-order valence-corrected chi connectivity index (χ4v) is 4.42. The highest BCUT2D eigenvalue weighted by Crippen LogP contribution is 2.54. The van der Waals surface area contributed by atoms with Crippen molar-refractivity contribution < 1.29 is 8.78 Å². The fourth-order valence-electron chi connectivity index (χ4n) is 3.63. The summed E-state index contributed by atoms with van der Waals surface area (Å²) < 4.78 is 27.6.